The predicted molar refractivity (Wildman–Crippen MR) is 64.1 cm³/mol. The van der Waals surface area contributed by atoms with Crippen molar-refractivity contribution in [2.45, 2.75) is 38.3 Å². The van der Waals surface area contributed by atoms with Crippen LogP contribution in [0.4, 0.5) is 5.69 Å². The molecule has 2 unspecified atom stereocenters. The van der Waals surface area contributed by atoms with Gasteiger partial charge in [0.1, 0.15) is 6.10 Å². The molecule has 1 aliphatic rings. The Labute approximate surface area is 99.7 Å². The maximum atomic E-state index is 10.9. The molecule has 1 aromatic rings. The normalized spacial score (nSPS) is 23.6. The molecule has 0 radical (unpaired) electrons. The number of nitro benzene ring substituents is 1. The van der Waals surface area contributed by atoms with Gasteiger partial charge in [0, 0.05) is 12.1 Å². The van der Waals surface area contributed by atoms with Crippen LogP contribution in [0.1, 0.15) is 24.8 Å². The first-order valence-electron chi connectivity index (χ1n) is 5.73. The maximum absolute atomic E-state index is 10.9. The second-order valence-corrected chi connectivity index (χ2v) is 4.54. The molecule has 1 aliphatic carbocycles. The van der Waals surface area contributed by atoms with Crippen LogP contribution < -0.4 is 10.5 Å². The minimum absolute atomic E-state index is 0.00593. The summed E-state index contributed by atoms with van der Waals surface area (Å²) in [7, 11) is 0. The Bertz CT molecular complexity index is 434. The second kappa shape index (κ2) is 4.71. The van der Waals surface area contributed by atoms with Crippen molar-refractivity contribution < 1.29 is 9.66 Å². The summed E-state index contributed by atoms with van der Waals surface area (Å²) in [5.41, 5.74) is 6.67. The van der Waals surface area contributed by atoms with Gasteiger partial charge in [0.05, 0.1) is 4.92 Å². The lowest BCUT2D eigenvalue weighted by molar-refractivity contribution is -0.386. The van der Waals surface area contributed by atoms with Crippen LogP contribution in [-0.4, -0.2) is 17.1 Å². The largest absolute Gasteiger partial charge is 0.483 e. The van der Waals surface area contributed by atoms with Crippen molar-refractivity contribution in [3.8, 4) is 5.75 Å². The molecule has 0 amide bonds. The van der Waals surface area contributed by atoms with E-state index in [1.807, 2.05) is 13.0 Å². The fourth-order valence-corrected chi connectivity index (χ4v) is 2.13. The summed E-state index contributed by atoms with van der Waals surface area (Å²) in [6.45, 7) is 1.82. The van der Waals surface area contributed by atoms with E-state index in [2.05, 4.69) is 0 Å². The highest BCUT2D eigenvalue weighted by Gasteiger charge is 2.26. The maximum Gasteiger partial charge on any atom is 0.311 e. The van der Waals surface area contributed by atoms with Crippen molar-refractivity contribution in [3.05, 3.63) is 33.9 Å². The van der Waals surface area contributed by atoms with Crippen LogP contribution in [0.15, 0.2) is 18.2 Å². The van der Waals surface area contributed by atoms with Crippen molar-refractivity contribution >= 4 is 5.69 Å². The fraction of sp³-hybridized carbons (Fsp3) is 0.500. The van der Waals surface area contributed by atoms with E-state index < -0.39 is 4.92 Å². The summed E-state index contributed by atoms with van der Waals surface area (Å²) in [6, 6.07) is 5.17. The molecule has 0 saturated heterocycles. The number of nitro groups is 1. The summed E-state index contributed by atoms with van der Waals surface area (Å²) in [6.07, 6.45) is 2.56. The van der Waals surface area contributed by atoms with E-state index in [9.17, 15) is 10.1 Å². The highest BCUT2D eigenvalue weighted by molar-refractivity contribution is 5.48. The molecule has 1 aromatic carbocycles. The minimum atomic E-state index is -0.406. The highest BCUT2D eigenvalue weighted by atomic mass is 16.6. The Morgan fingerprint density at radius 3 is 2.82 bits per heavy atom. The van der Waals surface area contributed by atoms with Crippen molar-refractivity contribution in [3.63, 3.8) is 0 Å². The Morgan fingerprint density at radius 1 is 1.47 bits per heavy atom. The molecular weight excluding hydrogens is 220 g/mol. The summed E-state index contributed by atoms with van der Waals surface area (Å²) < 4.78 is 5.67. The van der Waals surface area contributed by atoms with Crippen LogP contribution in [0.3, 0.4) is 0 Å². The van der Waals surface area contributed by atoms with E-state index in [4.69, 9.17) is 10.5 Å². The molecule has 0 bridgehead atoms. The molecule has 1 fully saturated rings. The quantitative estimate of drug-likeness (QED) is 0.644. The molecule has 92 valence electrons. The molecule has 2 rings (SSSR count). The number of hydrogen-bond acceptors (Lipinski definition) is 4. The molecule has 1 saturated carbocycles. The molecule has 0 aliphatic heterocycles. The molecular formula is C12H16N2O3. The lowest BCUT2D eigenvalue weighted by atomic mass is 10.2. The van der Waals surface area contributed by atoms with Gasteiger partial charge in [-0.2, -0.15) is 0 Å². The molecule has 5 heteroatoms. The van der Waals surface area contributed by atoms with E-state index in [1.165, 1.54) is 6.07 Å². The summed E-state index contributed by atoms with van der Waals surface area (Å²) in [5.74, 6) is 0.347. The number of benzene rings is 1. The molecule has 2 atom stereocenters. The number of nitrogens with two attached hydrogens (primary N) is 1. The number of nitrogens with zero attached hydrogens (tertiary/aromatic N) is 1. The second-order valence-electron chi connectivity index (χ2n) is 4.54. The van der Waals surface area contributed by atoms with E-state index in [0.29, 0.717) is 5.75 Å². The van der Waals surface area contributed by atoms with Crippen molar-refractivity contribution in [2.75, 3.05) is 0 Å². The van der Waals surface area contributed by atoms with Gasteiger partial charge in [-0.15, -0.1) is 0 Å². The van der Waals surface area contributed by atoms with Crippen LogP contribution >= 0.6 is 0 Å². The number of ether oxygens (including phenoxy) is 1. The van der Waals surface area contributed by atoms with E-state index in [0.717, 1.165) is 24.8 Å². The van der Waals surface area contributed by atoms with Gasteiger partial charge in [0.25, 0.3) is 0 Å². The van der Waals surface area contributed by atoms with Gasteiger partial charge in [-0.1, -0.05) is 6.07 Å². The Balaban J connectivity index is 2.17. The van der Waals surface area contributed by atoms with Gasteiger partial charge in [-0.3, -0.25) is 10.1 Å². The predicted octanol–water partition coefficient (Wildman–Crippen LogP) is 2.16. The first kappa shape index (κ1) is 11.9. The van der Waals surface area contributed by atoms with Crippen LogP contribution in [0.2, 0.25) is 0 Å². The Hall–Kier alpha value is -1.62. The summed E-state index contributed by atoms with van der Waals surface area (Å²) in [5, 5.41) is 10.9. The zero-order valence-corrected chi connectivity index (χ0v) is 9.76. The Kier molecular flexibility index (Phi) is 3.28. The third-order valence-corrected chi connectivity index (χ3v) is 3.03. The van der Waals surface area contributed by atoms with Gasteiger partial charge in [0.15, 0.2) is 5.75 Å². The topological polar surface area (TPSA) is 78.4 Å². The number of aryl methyl sites for hydroxylation is 1. The van der Waals surface area contributed by atoms with Gasteiger partial charge >= 0.3 is 5.69 Å². The summed E-state index contributed by atoms with van der Waals surface area (Å²) in [4.78, 5) is 10.5. The van der Waals surface area contributed by atoms with Crippen LogP contribution in [0, 0.1) is 17.0 Å². The first-order valence-corrected chi connectivity index (χ1v) is 5.73. The zero-order chi connectivity index (χ0) is 12.4. The summed E-state index contributed by atoms with van der Waals surface area (Å²) >= 11 is 0. The van der Waals surface area contributed by atoms with Crippen LogP contribution in [0.25, 0.3) is 0 Å². The van der Waals surface area contributed by atoms with Gasteiger partial charge in [-0.25, -0.2) is 0 Å². The molecule has 0 aromatic heterocycles. The highest BCUT2D eigenvalue weighted by Crippen LogP contribution is 2.31. The standard InChI is InChI=1S/C12H16N2O3/c1-8-2-5-12(11(6-8)14(15)16)17-10-4-3-9(13)7-10/h2,5-6,9-10H,3-4,7,13H2,1H3. The first-order chi connectivity index (χ1) is 8.06. The molecule has 5 nitrogen and oxygen atoms in total. The van der Waals surface area contributed by atoms with Crippen LogP contribution in [-0.2, 0) is 0 Å². The van der Waals surface area contributed by atoms with Crippen LogP contribution in [0.5, 0.6) is 5.75 Å². The van der Waals surface area contributed by atoms with Gasteiger partial charge in [0.2, 0.25) is 0 Å². The number of rotatable bonds is 3. The SMILES string of the molecule is Cc1ccc(OC2CCC(N)C2)c([N+](=O)[O-])c1. The monoisotopic (exact) mass is 236 g/mol. The Morgan fingerprint density at radius 2 is 2.24 bits per heavy atom. The average molecular weight is 236 g/mol. The molecule has 0 heterocycles. The molecule has 0 spiro atoms. The minimum Gasteiger partial charge on any atom is -0.483 e. The van der Waals surface area contributed by atoms with Gasteiger partial charge < -0.3 is 10.5 Å². The molecule has 17 heavy (non-hydrogen) atoms. The fourth-order valence-electron chi connectivity index (χ4n) is 2.13. The van der Waals surface area contributed by atoms with Gasteiger partial charge in [-0.05, 0) is 37.8 Å². The average Bonchev–Trinajstić information content (AvgIpc) is 2.66. The van der Waals surface area contributed by atoms with E-state index >= 15 is 0 Å². The lowest BCUT2D eigenvalue weighted by Crippen LogP contribution is -2.19. The number of hydrogen-bond donors (Lipinski definition) is 1. The molecule has 2 N–H and O–H groups in total. The smallest absolute Gasteiger partial charge is 0.311 e. The van der Waals surface area contributed by atoms with Crippen molar-refractivity contribution in [1.29, 1.82) is 0 Å². The van der Waals surface area contributed by atoms with E-state index in [-0.39, 0.29) is 17.8 Å². The third-order valence-electron chi connectivity index (χ3n) is 3.03. The zero-order valence-electron chi connectivity index (χ0n) is 9.76. The lowest BCUT2D eigenvalue weighted by Gasteiger charge is -2.13. The van der Waals surface area contributed by atoms with Crippen molar-refractivity contribution in [1.82, 2.24) is 0 Å². The van der Waals surface area contributed by atoms with Crippen molar-refractivity contribution in [2.24, 2.45) is 5.73 Å². The van der Waals surface area contributed by atoms with E-state index in [1.54, 1.807) is 6.07 Å². The third kappa shape index (κ3) is 2.74.